The lowest BCUT2D eigenvalue weighted by Crippen LogP contribution is -2.50. The minimum Gasteiger partial charge on any atom is -0.378 e. The van der Waals surface area contributed by atoms with Crippen LogP contribution in [0.3, 0.4) is 0 Å². The summed E-state index contributed by atoms with van der Waals surface area (Å²) in [5, 5.41) is 12.8. The Morgan fingerprint density at radius 3 is 2.73 bits per heavy atom. The number of nitrogens with one attached hydrogen (secondary N) is 1. The fourth-order valence-corrected chi connectivity index (χ4v) is 2.57. The molecule has 1 atom stereocenters. The summed E-state index contributed by atoms with van der Waals surface area (Å²) in [7, 11) is 0. The minimum absolute atomic E-state index is 0.195. The summed E-state index contributed by atoms with van der Waals surface area (Å²) in [5.41, 5.74) is -0.163. The van der Waals surface area contributed by atoms with E-state index in [4.69, 9.17) is 6.42 Å². The predicted octanol–water partition coefficient (Wildman–Crippen LogP) is 1.92. The number of carbonyl (C=O) groups is 1. The fraction of sp³-hybridized carbons (Fsp3) is 0.471. The number of terminal acetylenes is 1. The van der Waals surface area contributed by atoms with Crippen LogP contribution in [0.1, 0.15) is 25.3 Å². The van der Waals surface area contributed by atoms with Crippen molar-refractivity contribution >= 4 is 11.6 Å². The highest BCUT2D eigenvalue weighted by atomic mass is 19.1. The summed E-state index contributed by atoms with van der Waals surface area (Å²) in [6.45, 7) is 4.53. The summed E-state index contributed by atoms with van der Waals surface area (Å²) in [5.74, 6) is 1.87. The van der Waals surface area contributed by atoms with Crippen molar-refractivity contribution in [2.24, 2.45) is 0 Å². The van der Waals surface area contributed by atoms with Gasteiger partial charge in [0.05, 0.1) is 6.04 Å². The average molecular weight is 304 g/mol. The van der Waals surface area contributed by atoms with E-state index in [2.05, 4.69) is 11.2 Å². The van der Waals surface area contributed by atoms with E-state index in [-0.39, 0.29) is 17.8 Å². The van der Waals surface area contributed by atoms with Gasteiger partial charge in [0.1, 0.15) is 11.4 Å². The van der Waals surface area contributed by atoms with E-state index in [0.717, 1.165) is 0 Å². The first-order valence-electron chi connectivity index (χ1n) is 7.36. The number of halogens is 1. The standard InChI is InChI=1S/C17H21FN2O2/c1-4-17(22)8-10-20(11-9-17)13(3)16(21)19-15-7-5-6-14(18)12(15)2/h1,5-7,13,22H,8-11H2,2-3H3,(H,19,21). The van der Waals surface area contributed by atoms with Crippen LogP contribution in [0, 0.1) is 25.1 Å². The van der Waals surface area contributed by atoms with Crippen LogP contribution in [0.5, 0.6) is 0 Å². The van der Waals surface area contributed by atoms with E-state index in [1.807, 2.05) is 4.90 Å². The minimum atomic E-state index is -1.06. The molecule has 0 aromatic heterocycles. The summed E-state index contributed by atoms with van der Waals surface area (Å²) >= 11 is 0. The number of anilines is 1. The van der Waals surface area contributed by atoms with Crippen LogP contribution < -0.4 is 5.32 Å². The van der Waals surface area contributed by atoms with E-state index in [1.165, 1.54) is 6.07 Å². The van der Waals surface area contributed by atoms with Gasteiger partial charge < -0.3 is 10.4 Å². The molecule has 0 saturated carbocycles. The van der Waals surface area contributed by atoms with Gasteiger partial charge in [0.2, 0.25) is 5.91 Å². The zero-order valence-electron chi connectivity index (χ0n) is 12.9. The van der Waals surface area contributed by atoms with Crippen molar-refractivity contribution in [3.8, 4) is 12.3 Å². The molecular weight excluding hydrogens is 283 g/mol. The lowest BCUT2D eigenvalue weighted by Gasteiger charge is -2.37. The van der Waals surface area contributed by atoms with E-state index in [0.29, 0.717) is 37.2 Å². The molecule has 1 unspecified atom stereocenters. The Balaban J connectivity index is 1.99. The number of benzene rings is 1. The number of carbonyl (C=O) groups excluding carboxylic acids is 1. The van der Waals surface area contributed by atoms with Gasteiger partial charge in [-0.1, -0.05) is 12.0 Å². The highest BCUT2D eigenvalue weighted by Gasteiger charge is 2.33. The van der Waals surface area contributed by atoms with Gasteiger partial charge in [0.25, 0.3) is 0 Å². The molecule has 4 nitrogen and oxygen atoms in total. The summed E-state index contributed by atoms with van der Waals surface area (Å²) < 4.78 is 13.5. The Kier molecular flexibility index (Phi) is 4.84. The molecule has 0 bridgehead atoms. The molecule has 1 aliphatic rings. The van der Waals surface area contributed by atoms with Crippen LogP contribution in [0.25, 0.3) is 0 Å². The van der Waals surface area contributed by atoms with Gasteiger partial charge in [0, 0.05) is 37.2 Å². The Labute approximate surface area is 130 Å². The van der Waals surface area contributed by atoms with Crippen molar-refractivity contribution in [2.45, 2.75) is 38.3 Å². The molecule has 1 amide bonds. The van der Waals surface area contributed by atoms with Crippen molar-refractivity contribution in [2.75, 3.05) is 18.4 Å². The van der Waals surface area contributed by atoms with Crippen LogP contribution in [-0.2, 0) is 4.79 Å². The molecule has 22 heavy (non-hydrogen) atoms. The maximum Gasteiger partial charge on any atom is 0.241 e. The van der Waals surface area contributed by atoms with Crippen molar-refractivity contribution < 1.29 is 14.3 Å². The molecule has 1 saturated heterocycles. The molecule has 1 fully saturated rings. The Bertz CT molecular complexity index is 601. The first kappa shape index (κ1) is 16.5. The van der Waals surface area contributed by atoms with Gasteiger partial charge in [-0.15, -0.1) is 6.42 Å². The second-order valence-electron chi connectivity index (χ2n) is 5.79. The van der Waals surface area contributed by atoms with Gasteiger partial charge in [-0.3, -0.25) is 9.69 Å². The number of likely N-dealkylation sites (tertiary alicyclic amines) is 1. The number of hydrogen-bond acceptors (Lipinski definition) is 3. The maximum absolute atomic E-state index is 13.5. The monoisotopic (exact) mass is 304 g/mol. The lowest BCUT2D eigenvalue weighted by molar-refractivity contribution is -0.122. The lowest BCUT2D eigenvalue weighted by atomic mass is 9.91. The van der Waals surface area contributed by atoms with Crippen LogP contribution >= 0.6 is 0 Å². The molecule has 118 valence electrons. The van der Waals surface area contributed by atoms with Crippen molar-refractivity contribution in [1.82, 2.24) is 4.90 Å². The summed E-state index contributed by atoms with van der Waals surface area (Å²) in [6, 6.07) is 4.23. The van der Waals surface area contributed by atoms with Gasteiger partial charge in [-0.05, 0) is 26.0 Å². The predicted molar refractivity (Wildman–Crippen MR) is 83.8 cm³/mol. The van der Waals surface area contributed by atoms with Crippen molar-refractivity contribution in [3.63, 3.8) is 0 Å². The van der Waals surface area contributed by atoms with Gasteiger partial charge in [-0.2, -0.15) is 0 Å². The molecule has 1 aromatic carbocycles. The third-order valence-corrected chi connectivity index (χ3v) is 4.35. The smallest absolute Gasteiger partial charge is 0.241 e. The normalized spacial score (nSPS) is 19.2. The van der Waals surface area contributed by atoms with E-state index in [1.54, 1.807) is 26.0 Å². The van der Waals surface area contributed by atoms with Crippen LogP contribution in [0.2, 0.25) is 0 Å². The summed E-state index contributed by atoms with van der Waals surface area (Å²) in [6.07, 6.45) is 6.21. The third kappa shape index (κ3) is 3.46. The van der Waals surface area contributed by atoms with E-state index in [9.17, 15) is 14.3 Å². The Hall–Kier alpha value is -1.90. The first-order valence-corrected chi connectivity index (χ1v) is 7.36. The largest absolute Gasteiger partial charge is 0.378 e. The second-order valence-corrected chi connectivity index (χ2v) is 5.79. The zero-order valence-corrected chi connectivity index (χ0v) is 12.9. The summed E-state index contributed by atoms with van der Waals surface area (Å²) in [4.78, 5) is 14.3. The Morgan fingerprint density at radius 2 is 2.14 bits per heavy atom. The molecule has 1 aromatic rings. The molecule has 1 aliphatic heterocycles. The number of rotatable bonds is 3. The first-order chi connectivity index (χ1) is 10.4. The average Bonchev–Trinajstić information content (AvgIpc) is 2.52. The maximum atomic E-state index is 13.5. The highest BCUT2D eigenvalue weighted by molar-refractivity contribution is 5.95. The SMILES string of the molecule is C#CC1(O)CCN(C(C)C(=O)Nc2cccc(F)c2C)CC1. The number of nitrogens with zero attached hydrogens (tertiary/aromatic N) is 1. The molecule has 0 aliphatic carbocycles. The van der Waals surface area contributed by atoms with Crippen molar-refractivity contribution in [3.05, 3.63) is 29.6 Å². The van der Waals surface area contributed by atoms with Gasteiger partial charge >= 0.3 is 0 Å². The second kappa shape index (κ2) is 6.47. The Morgan fingerprint density at radius 1 is 1.50 bits per heavy atom. The van der Waals surface area contributed by atoms with Gasteiger partial charge in [0.15, 0.2) is 0 Å². The molecule has 2 rings (SSSR count). The number of piperidine rings is 1. The highest BCUT2D eigenvalue weighted by Crippen LogP contribution is 2.23. The molecule has 0 radical (unpaired) electrons. The molecule has 1 heterocycles. The number of amides is 1. The van der Waals surface area contributed by atoms with Crippen LogP contribution in [0.15, 0.2) is 18.2 Å². The van der Waals surface area contributed by atoms with E-state index >= 15 is 0 Å². The van der Waals surface area contributed by atoms with Crippen molar-refractivity contribution in [1.29, 1.82) is 0 Å². The van der Waals surface area contributed by atoms with Crippen LogP contribution in [0.4, 0.5) is 10.1 Å². The topological polar surface area (TPSA) is 52.6 Å². The number of hydrogen-bond donors (Lipinski definition) is 2. The zero-order chi connectivity index (χ0) is 16.3. The molecular formula is C17H21FN2O2. The number of aliphatic hydroxyl groups is 1. The molecule has 0 spiro atoms. The van der Waals surface area contributed by atoms with E-state index < -0.39 is 5.60 Å². The van der Waals surface area contributed by atoms with Crippen LogP contribution in [-0.4, -0.2) is 40.6 Å². The molecule has 2 N–H and O–H groups in total. The third-order valence-electron chi connectivity index (χ3n) is 4.35. The fourth-order valence-electron chi connectivity index (χ4n) is 2.57. The van der Waals surface area contributed by atoms with Gasteiger partial charge in [-0.25, -0.2) is 4.39 Å². The molecule has 5 heteroatoms. The quantitative estimate of drug-likeness (QED) is 0.839.